The van der Waals surface area contributed by atoms with E-state index in [-0.39, 0.29) is 18.4 Å². The second-order valence-electron chi connectivity index (χ2n) is 5.49. The number of carboxylic acid groups (broad SMARTS) is 1. The number of carbonyl (C=O) groups excluding carboxylic acids is 1. The Morgan fingerprint density at radius 3 is 2.43 bits per heavy atom. The average Bonchev–Trinajstić information content (AvgIpc) is 2.44. The van der Waals surface area contributed by atoms with E-state index in [1.54, 1.807) is 0 Å². The standard InChI is InChI=1S/C16H24N2O3/c1-12(2)10-14(16(20)21)18-11-15(19)17-9-8-13-6-4-3-5-7-13/h3-7,12,14,18H,8-11H2,1-2H3,(H,17,19)(H,20,21). The Labute approximate surface area is 125 Å². The molecule has 0 saturated carbocycles. The molecule has 21 heavy (non-hydrogen) atoms. The molecular weight excluding hydrogens is 268 g/mol. The van der Waals surface area contributed by atoms with Crippen LogP contribution in [0.15, 0.2) is 30.3 Å². The minimum atomic E-state index is -0.916. The maximum Gasteiger partial charge on any atom is 0.320 e. The number of hydrogen-bond acceptors (Lipinski definition) is 3. The number of benzene rings is 1. The smallest absolute Gasteiger partial charge is 0.320 e. The lowest BCUT2D eigenvalue weighted by molar-refractivity contribution is -0.140. The highest BCUT2D eigenvalue weighted by atomic mass is 16.4. The molecule has 1 atom stereocenters. The van der Waals surface area contributed by atoms with Crippen molar-refractivity contribution in [3.05, 3.63) is 35.9 Å². The van der Waals surface area contributed by atoms with Gasteiger partial charge in [-0.25, -0.2) is 0 Å². The van der Waals surface area contributed by atoms with E-state index in [9.17, 15) is 9.59 Å². The van der Waals surface area contributed by atoms with Gasteiger partial charge >= 0.3 is 5.97 Å². The molecule has 0 heterocycles. The van der Waals surface area contributed by atoms with Gasteiger partial charge in [0.05, 0.1) is 6.54 Å². The molecule has 0 saturated heterocycles. The van der Waals surface area contributed by atoms with Gasteiger partial charge in [0, 0.05) is 6.54 Å². The van der Waals surface area contributed by atoms with Gasteiger partial charge in [0.15, 0.2) is 0 Å². The van der Waals surface area contributed by atoms with Crippen molar-refractivity contribution in [2.45, 2.75) is 32.7 Å². The molecule has 0 aliphatic heterocycles. The summed E-state index contributed by atoms with van der Waals surface area (Å²) in [6.07, 6.45) is 1.27. The molecule has 116 valence electrons. The first-order valence-corrected chi connectivity index (χ1v) is 7.26. The molecule has 5 nitrogen and oxygen atoms in total. The molecule has 1 rings (SSSR count). The third kappa shape index (κ3) is 7.46. The molecule has 0 aromatic heterocycles. The first-order chi connectivity index (χ1) is 9.99. The Bertz CT molecular complexity index is 446. The summed E-state index contributed by atoms with van der Waals surface area (Å²) in [5.74, 6) is -0.832. The lowest BCUT2D eigenvalue weighted by Gasteiger charge is -2.16. The van der Waals surface area contributed by atoms with Crippen molar-refractivity contribution in [2.24, 2.45) is 5.92 Å². The van der Waals surface area contributed by atoms with E-state index >= 15 is 0 Å². The molecule has 1 aromatic carbocycles. The third-order valence-electron chi connectivity index (χ3n) is 3.09. The van der Waals surface area contributed by atoms with Crippen molar-refractivity contribution in [2.75, 3.05) is 13.1 Å². The van der Waals surface area contributed by atoms with Gasteiger partial charge in [-0.3, -0.25) is 14.9 Å². The highest BCUT2D eigenvalue weighted by Crippen LogP contribution is 2.04. The van der Waals surface area contributed by atoms with Gasteiger partial charge in [0.25, 0.3) is 0 Å². The van der Waals surface area contributed by atoms with Gasteiger partial charge in [0.2, 0.25) is 5.91 Å². The highest BCUT2D eigenvalue weighted by molar-refractivity contribution is 5.79. The Hall–Kier alpha value is -1.88. The van der Waals surface area contributed by atoms with E-state index in [0.717, 1.165) is 12.0 Å². The lowest BCUT2D eigenvalue weighted by atomic mass is 10.0. The largest absolute Gasteiger partial charge is 0.480 e. The summed E-state index contributed by atoms with van der Waals surface area (Å²) in [7, 11) is 0. The van der Waals surface area contributed by atoms with Crippen LogP contribution in [0.2, 0.25) is 0 Å². The second-order valence-corrected chi connectivity index (χ2v) is 5.49. The van der Waals surface area contributed by atoms with Crippen LogP contribution >= 0.6 is 0 Å². The number of carboxylic acids is 1. The van der Waals surface area contributed by atoms with Crippen molar-refractivity contribution in [1.29, 1.82) is 0 Å². The van der Waals surface area contributed by atoms with E-state index in [4.69, 9.17) is 5.11 Å². The first kappa shape index (κ1) is 17.2. The quantitative estimate of drug-likeness (QED) is 0.643. The predicted molar refractivity (Wildman–Crippen MR) is 82.0 cm³/mol. The molecule has 0 bridgehead atoms. The van der Waals surface area contributed by atoms with Crippen LogP contribution in [0, 0.1) is 5.92 Å². The summed E-state index contributed by atoms with van der Waals surface area (Å²) < 4.78 is 0. The molecule has 0 radical (unpaired) electrons. The topological polar surface area (TPSA) is 78.4 Å². The maximum absolute atomic E-state index is 11.7. The van der Waals surface area contributed by atoms with Crippen LogP contribution in [0.3, 0.4) is 0 Å². The number of hydrogen-bond donors (Lipinski definition) is 3. The summed E-state index contributed by atoms with van der Waals surface area (Å²) in [5.41, 5.74) is 1.16. The Kier molecular flexibility index (Phi) is 7.46. The van der Waals surface area contributed by atoms with Gasteiger partial charge < -0.3 is 10.4 Å². The second kappa shape index (κ2) is 9.13. The molecule has 1 amide bonds. The minimum Gasteiger partial charge on any atom is -0.480 e. The van der Waals surface area contributed by atoms with Crippen molar-refractivity contribution in [1.82, 2.24) is 10.6 Å². The molecular formula is C16H24N2O3. The first-order valence-electron chi connectivity index (χ1n) is 7.26. The average molecular weight is 292 g/mol. The van der Waals surface area contributed by atoms with Gasteiger partial charge in [-0.15, -0.1) is 0 Å². The van der Waals surface area contributed by atoms with Crippen LogP contribution < -0.4 is 10.6 Å². The molecule has 0 aliphatic carbocycles. The zero-order chi connectivity index (χ0) is 15.7. The molecule has 5 heteroatoms. The minimum absolute atomic E-state index is 0.0263. The molecule has 1 aromatic rings. The van der Waals surface area contributed by atoms with Crippen LogP contribution in [0.1, 0.15) is 25.8 Å². The van der Waals surface area contributed by atoms with E-state index in [2.05, 4.69) is 10.6 Å². The van der Waals surface area contributed by atoms with Crippen LogP contribution in [-0.4, -0.2) is 36.1 Å². The predicted octanol–water partition coefficient (Wildman–Crippen LogP) is 1.43. The molecule has 0 spiro atoms. The SMILES string of the molecule is CC(C)CC(NCC(=O)NCCc1ccccc1)C(=O)O. The van der Waals surface area contributed by atoms with Crippen molar-refractivity contribution >= 4 is 11.9 Å². The Morgan fingerprint density at radius 1 is 1.19 bits per heavy atom. The van der Waals surface area contributed by atoms with Crippen LogP contribution in [0.5, 0.6) is 0 Å². The zero-order valence-corrected chi connectivity index (χ0v) is 12.6. The van der Waals surface area contributed by atoms with Crippen LogP contribution in [-0.2, 0) is 16.0 Å². The number of rotatable bonds is 9. The fraction of sp³-hybridized carbons (Fsp3) is 0.500. The lowest BCUT2D eigenvalue weighted by Crippen LogP contribution is -2.44. The summed E-state index contributed by atoms with van der Waals surface area (Å²) in [4.78, 5) is 22.7. The molecule has 3 N–H and O–H groups in total. The third-order valence-corrected chi connectivity index (χ3v) is 3.09. The molecule has 1 unspecified atom stereocenters. The van der Waals surface area contributed by atoms with Crippen molar-refractivity contribution in [3.63, 3.8) is 0 Å². The van der Waals surface area contributed by atoms with E-state index in [1.165, 1.54) is 0 Å². The Balaban J connectivity index is 2.25. The summed E-state index contributed by atoms with van der Waals surface area (Å²) >= 11 is 0. The van der Waals surface area contributed by atoms with Gasteiger partial charge in [0.1, 0.15) is 6.04 Å². The fourth-order valence-corrected chi connectivity index (χ4v) is 2.01. The summed E-state index contributed by atoms with van der Waals surface area (Å²) in [5, 5.41) is 14.6. The van der Waals surface area contributed by atoms with Crippen molar-refractivity contribution < 1.29 is 14.7 Å². The monoisotopic (exact) mass is 292 g/mol. The highest BCUT2D eigenvalue weighted by Gasteiger charge is 2.18. The normalized spacial score (nSPS) is 12.1. The van der Waals surface area contributed by atoms with Gasteiger partial charge in [-0.05, 0) is 24.3 Å². The molecule has 0 fully saturated rings. The fourth-order valence-electron chi connectivity index (χ4n) is 2.01. The van der Waals surface area contributed by atoms with Crippen LogP contribution in [0.4, 0.5) is 0 Å². The number of amides is 1. The zero-order valence-electron chi connectivity index (χ0n) is 12.6. The maximum atomic E-state index is 11.7. The van der Waals surface area contributed by atoms with Crippen LogP contribution in [0.25, 0.3) is 0 Å². The number of nitrogens with one attached hydrogen (secondary N) is 2. The van der Waals surface area contributed by atoms with E-state index in [1.807, 2.05) is 44.2 Å². The number of carbonyl (C=O) groups is 2. The number of aliphatic carboxylic acids is 1. The molecule has 0 aliphatic rings. The summed E-state index contributed by atoms with van der Waals surface area (Å²) in [6, 6.07) is 9.21. The van der Waals surface area contributed by atoms with Gasteiger partial charge in [-0.2, -0.15) is 0 Å². The van der Waals surface area contributed by atoms with Crippen molar-refractivity contribution in [3.8, 4) is 0 Å². The van der Waals surface area contributed by atoms with E-state index in [0.29, 0.717) is 13.0 Å². The van der Waals surface area contributed by atoms with E-state index < -0.39 is 12.0 Å². The Morgan fingerprint density at radius 2 is 1.86 bits per heavy atom. The summed E-state index contributed by atoms with van der Waals surface area (Å²) in [6.45, 7) is 4.49. The van der Waals surface area contributed by atoms with Gasteiger partial charge in [-0.1, -0.05) is 44.2 Å².